The zero-order valence-electron chi connectivity index (χ0n) is 10.7. The first-order valence-electron chi connectivity index (χ1n) is 5.92. The lowest BCUT2D eigenvalue weighted by Crippen LogP contribution is -2.43. The van der Waals surface area contributed by atoms with Gasteiger partial charge >= 0.3 is 0 Å². The molecule has 0 spiro atoms. The Bertz CT molecular complexity index is 543. The van der Waals surface area contributed by atoms with Gasteiger partial charge in [-0.2, -0.15) is 0 Å². The summed E-state index contributed by atoms with van der Waals surface area (Å²) < 4.78 is 5.56. The highest BCUT2D eigenvalue weighted by Gasteiger charge is 2.31. The van der Waals surface area contributed by atoms with E-state index in [-0.39, 0.29) is 10.0 Å². The average molecular weight is 304 g/mol. The number of benzene rings is 1. The molecule has 0 radical (unpaired) electrons. The normalized spacial score (nSPS) is 18.3. The zero-order chi connectivity index (χ0) is 14.4. The number of halogens is 2. The van der Waals surface area contributed by atoms with Crippen LogP contribution in [0.5, 0.6) is 5.75 Å². The Morgan fingerprint density at radius 2 is 2.11 bits per heavy atom. The molecule has 1 unspecified atom stereocenters. The van der Waals surface area contributed by atoms with E-state index in [1.165, 1.54) is 0 Å². The molecule has 0 fully saturated rings. The van der Waals surface area contributed by atoms with Gasteiger partial charge in [0.05, 0.1) is 11.1 Å². The van der Waals surface area contributed by atoms with Crippen LogP contribution in [0.15, 0.2) is 6.07 Å². The predicted molar refractivity (Wildman–Crippen MR) is 73.6 cm³/mol. The first-order chi connectivity index (χ1) is 8.74. The van der Waals surface area contributed by atoms with Crippen molar-refractivity contribution in [2.75, 3.05) is 0 Å². The lowest BCUT2D eigenvalue weighted by molar-refractivity contribution is -0.130. The monoisotopic (exact) mass is 303 g/mol. The topological polar surface area (TPSA) is 72.6 Å². The summed E-state index contributed by atoms with van der Waals surface area (Å²) in [6.45, 7) is 3.11. The summed E-state index contributed by atoms with van der Waals surface area (Å²) in [5, 5.41) is 10.3. The summed E-state index contributed by atoms with van der Waals surface area (Å²) in [6, 6.07) is 1.71. The Hall–Kier alpha value is -0.970. The van der Waals surface area contributed by atoms with Crippen molar-refractivity contribution < 1.29 is 14.6 Å². The van der Waals surface area contributed by atoms with Gasteiger partial charge in [-0.05, 0) is 38.3 Å². The van der Waals surface area contributed by atoms with E-state index in [4.69, 9.17) is 33.7 Å². The van der Waals surface area contributed by atoms with Gasteiger partial charge in [0, 0.05) is 5.56 Å². The largest absolute Gasteiger partial charge is 0.476 e. The van der Waals surface area contributed by atoms with Crippen molar-refractivity contribution in [1.29, 1.82) is 0 Å². The van der Waals surface area contributed by atoms with Crippen LogP contribution in [0, 0.1) is 0 Å². The number of carbonyl (C=O) groups excluding carboxylic acids is 1. The van der Waals surface area contributed by atoms with Crippen LogP contribution >= 0.6 is 23.2 Å². The molecule has 6 heteroatoms. The zero-order valence-corrected chi connectivity index (χ0v) is 12.2. The molecule has 0 heterocycles. The first kappa shape index (κ1) is 14.4. The molecule has 4 nitrogen and oxygen atoms in total. The van der Waals surface area contributed by atoms with Gasteiger partial charge in [-0.15, -0.1) is 0 Å². The van der Waals surface area contributed by atoms with Gasteiger partial charge in [0.25, 0.3) is 5.91 Å². The molecule has 1 aliphatic carbocycles. The Kier molecular flexibility index (Phi) is 3.69. The second-order valence-corrected chi connectivity index (χ2v) is 5.86. The smallest absolute Gasteiger partial charge is 0.261 e. The molecule has 1 aromatic carbocycles. The fourth-order valence-electron chi connectivity index (χ4n) is 2.07. The number of hydrogen-bond acceptors (Lipinski definition) is 3. The molecule has 0 aliphatic heterocycles. The van der Waals surface area contributed by atoms with E-state index in [9.17, 15) is 9.90 Å². The van der Waals surface area contributed by atoms with Gasteiger partial charge in [-0.3, -0.25) is 4.79 Å². The van der Waals surface area contributed by atoms with Crippen molar-refractivity contribution in [1.82, 2.24) is 0 Å². The molecule has 1 amide bonds. The van der Waals surface area contributed by atoms with Crippen molar-refractivity contribution >= 4 is 29.1 Å². The summed E-state index contributed by atoms with van der Waals surface area (Å²) in [6.07, 6.45) is 0.702. The summed E-state index contributed by atoms with van der Waals surface area (Å²) in [5.41, 5.74) is 5.61. The molecule has 0 bridgehead atoms. The van der Waals surface area contributed by atoms with Crippen LogP contribution in [0.4, 0.5) is 0 Å². The number of hydrogen-bond donors (Lipinski definition) is 2. The minimum Gasteiger partial charge on any atom is -0.476 e. The van der Waals surface area contributed by atoms with E-state index in [1.807, 2.05) is 0 Å². The van der Waals surface area contributed by atoms with Gasteiger partial charge in [0.15, 0.2) is 5.60 Å². The van der Waals surface area contributed by atoms with Gasteiger partial charge < -0.3 is 15.6 Å². The maximum atomic E-state index is 11.3. The summed E-state index contributed by atoms with van der Waals surface area (Å²) in [5.74, 6) is -0.288. The van der Waals surface area contributed by atoms with E-state index < -0.39 is 17.6 Å². The molecule has 0 saturated carbocycles. The van der Waals surface area contributed by atoms with Crippen LogP contribution in [0.25, 0.3) is 0 Å². The van der Waals surface area contributed by atoms with Crippen LogP contribution in [-0.4, -0.2) is 16.6 Å². The first-order valence-corrected chi connectivity index (χ1v) is 6.67. The van der Waals surface area contributed by atoms with Crippen molar-refractivity contribution in [3.05, 3.63) is 27.2 Å². The lowest BCUT2D eigenvalue weighted by atomic mass is 10.1. The van der Waals surface area contributed by atoms with E-state index in [0.717, 1.165) is 5.56 Å². The number of fused-ring (bicyclic) bond motifs is 1. The quantitative estimate of drug-likeness (QED) is 0.901. The third-order valence-corrected chi connectivity index (χ3v) is 4.14. The van der Waals surface area contributed by atoms with Crippen LogP contribution in [0.1, 0.15) is 37.5 Å². The molecule has 1 aromatic rings. The molecule has 19 heavy (non-hydrogen) atoms. The SMILES string of the molecule is CC(C)(Oc1cc2c(c(Cl)c1Cl)C(O)CC2)C(N)=O. The molecule has 0 aromatic heterocycles. The van der Waals surface area contributed by atoms with Gasteiger partial charge in [0.1, 0.15) is 10.8 Å². The van der Waals surface area contributed by atoms with E-state index >= 15 is 0 Å². The standard InChI is InChI=1S/C13H15Cl2NO3/c1-13(2,12(16)18)19-8-5-6-3-4-7(17)9(6)11(15)10(8)14/h5,7,17H,3-4H2,1-2H3,(H2,16,18). The van der Waals surface area contributed by atoms with E-state index in [0.29, 0.717) is 24.2 Å². The summed E-state index contributed by atoms with van der Waals surface area (Å²) in [7, 11) is 0. The second-order valence-electron chi connectivity index (χ2n) is 5.11. The molecule has 104 valence electrons. The fourth-order valence-corrected chi connectivity index (χ4v) is 2.61. The number of primary amides is 1. The molecule has 1 atom stereocenters. The van der Waals surface area contributed by atoms with Crippen LogP contribution in [0.2, 0.25) is 10.0 Å². The number of aliphatic hydroxyl groups excluding tert-OH is 1. The highest BCUT2D eigenvalue weighted by atomic mass is 35.5. The van der Waals surface area contributed by atoms with Crippen molar-refractivity contribution in [3.8, 4) is 5.75 Å². The van der Waals surface area contributed by atoms with Gasteiger partial charge in [-0.1, -0.05) is 23.2 Å². The maximum Gasteiger partial charge on any atom is 0.261 e. The van der Waals surface area contributed by atoms with Crippen LogP contribution in [-0.2, 0) is 11.2 Å². The number of aliphatic hydroxyl groups is 1. The maximum absolute atomic E-state index is 11.3. The van der Waals surface area contributed by atoms with Crippen LogP contribution in [0.3, 0.4) is 0 Å². The van der Waals surface area contributed by atoms with E-state index in [1.54, 1.807) is 19.9 Å². The number of ether oxygens (including phenoxy) is 1. The molecule has 3 N–H and O–H groups in total. The number of rotatable bonds is 3. The highest BCUT2D eigenvalue weighted by Crippen LogP contribution is 2.45. The average Bonchev–Trinajstić information content (AvgIpc) is 2.67. The lowest BCUT2D eigenvalue weighted by Gasteiger charge is -2.24. The number of amides is 1. The molecular formula is C13H15Cl2NO3. The second kappa shape index (κ2) is 4.85. The molecular weight excluding hydrogens is 289 g/mol. The number of aryl methyl sites for hydroxylation is 1. The third-order valence-electron chi connectivity index (χ3n) is 3.28. The Labute approximate surface area is 121 Å². The molecule has 2 rings (SSSR count). The summed E-state index contributed by atoms with van der Waals surface area (Å²) >= 11 is 12.3. The Balaban J connectivity index is 2.44. The fraction of sp³-hybridized carbons (Fsp3) is 0.462. The number of carbonyl (C=O) groups is 1. The number of nitrogens with two attached hydrogens (primary N) is 1. The third kappa shape index (κ3) is 2.53. The van der Waals surface area contributed by atoms with Crippen molar-refractivity contribution in [2.45, 2.75) is 38.4 Å². The Morgan fingerprint density at radius 1 is 1.47 bits per heavy atom. The van der Waals surface area contributed by atoms with Crippen LogP contribution < -0.4 is 10.5 Å². The predicted octanol–water partition coefficient (Wildman–Crippen LogP) is 2.62. The van der Waals surface area contributed by atoms with Crippen molar-refractivity contribution in [3.63, 3.8) is 0 Å². The van der Waals surface area contributed by atoms with E-state index in [2.05, 4.69) is 0 Å². The van der Waals surface area contributed by atoms with Gasteiger partial charge in [0.2, 0.25) is 0 Å². The van der Waals surface area contributed by atoms with Gasteiger partial charge in [-0.25, -0.2) is 0 Å². The molecule has 0 saturated heterocycles. The highest BCUT2D eigenvalue weighted by molar-refractivity contribution is 6.43. The Morgan fingerprint density at radius 3 is 2.68 bits per heavy atom. The van der Waals surface area contributed by atoms with Crippen molar-refractivity contribution in [2.24, 2.45) is 5.73 Å². The summed E-state index contributed by atoms with van der Waals surface area (Å²) in [4.78, 5) is 11.3. The minimum atomic E-state index is -1.18. The minimum absolute atomic E-state index is 0.190. The molecule has 1 aliphatic rings.